The van der Waals surface area contributed by atoms with E-state index >= 15 is 0 Å². The van der Waals surface area contributed by atoms with Crippen molar-refractivity contribution in [2.24, 2.45) is 0 Å². The van der Waals surface area contributed by atoms with E-state index < -0.39 is 18.5 Å². The maximum Gasteiger partial charge on any atom is 0.306 e. The van der Waals surface area contributed by atoms with Crippen molar-refractivity contribution in [1.82, 2.24) is 9.97 Å². The number of hydrogen-bond donors (Lipinski definition) is 1. The molecule has 0 unspecified atom stereocenters. The molecule has 2 heterocycles. The minimum atomic E-state index is -0.554. The second kappa shape index (κ2) is 8.37. The topological polar surface area (TPSA) is 94.3 Å². The lowest BCUT2D eigenvalue weighted by Gasteiger charge is -2.08. The number of amides is 1. The van der Waals surface area contributed by atoms with E-state index in [-0.39, 0.29) is 23.7 Å². The van der Waals surface area contributed by atoms with E-state index in [9.17, 15) is 9.59 Å². The molecule has 9 heteroatoms. The summed E-state index contributed by atoms with van der Waals surface area (Å²) < 4.78 is 10.5. The van der Waals surface area contributed by atoms with Gasteiger partial charge in [0.15, 0.2) is 23.9 Å². The zero-order chi connectivity index (χ0) is 19.4. The summed E-state index contributed by atoms with van der Waals surface area (Å²) in [5.74, 6) is -0.503. The maximum atomic E-state index is 11.9. The SMILES string of the molecule is Cc1nc(NC(=O)COC(=O)CCc2nc3ccccc3o2)c(Cl)cc1Cl. The van der Waals surface area contributed by atoms with Crippen molar-refractivity contribution in [3.8, 4) is 0 Å². The Balaban J connectivity index is 1.47. The Morgan fingerprint density at radius 3 is 2.74 bits per heavy atom. The van der Waals surface area contributed by atoms with E-state index in [2.05, 4.69) is 15.3 Å². The van der Waals surface area contributed by atoms with Crippen LogP contribution in [0.5, 0.6) is 0 Å². The van der Waals surface area contributed by atoms with Gasteiger partial charge in [-0.05, 0) is 25.1 Å². The maximum absolute atomic E-state index is 11.9. The number of esters is 1. The number of carbonyl (C=O) groups excluding carboxylic acids is 2. The van der Waals surface area contributed by atoms with Crippen LogP contribution in [0.3, 0.4) is 0 Å². The van der Waals surface area contributed by atoms with Gasteiger partial charge in [0.1, 0.15) is 5.52 Å². The number of carbonyl (C=O) groups is 2. The van der Waals surface area contributed by atoms with Gasteiger partial charge in [0.05, 0.1) is 22.2 Å². The molecule has 0 atom stereocenters. The predicted octanol–water partition coefficient (Wildman–Crippen LogP) is 3.95. The van der Waals surface area contributed by atoms with Crippen LogP contribution in [0.15, 0.2) is 34.7 Å². The molecule has 1 aromatic carbocycles. The molecule has 27 heavy (non-hydrogen) atoms. The first-order valence-corrected chi connectivity index (χ1v) is 8.80. The van der Waals surface area contributed by atoms with E-state index in [4.69, 9.17) is 32.4 Å². The largest absolute Gasteiger partial charge is 0.456 e. The van der Waals surface area contributed by atoms with Gasteiger partial charge in [-0.15, -0.1) is 0 Å². The first-order chi connectivity index (χ1) is 12.9. The Morgan fingerprint density at radius 2 is 1.96 bits per heavy atom. The smallest absolute Gasteiger partial charge is 0.306 e. The van der Waals surface area contributed by atoms with Crippen molar-refractivity contribution >= 4 is 52.0 Å². The van der Waals surface area contributed by atoms with Gasteiger partial charge in [0, 0.05) is 6.42 Å². The second-order valence-electron chi connectivity index (χ2n) is 5.67. The van der Waals surface area contributed by atoms with Gasteiger partial charge in [-0.25, -0.2) is 9.97 Å². The predicted molar refractivity (Wildman–Crippen MR) is 101 cm³/mol. The summed E-state index contributed by atoms with van der Waals surface area (Å²) in [6, 6.07) is 8.79. The second-order valence-corrected chi connectivity index (χ2v) is 6.48. The lowest BCUT2D eigenvalue weighted by molar-refractivity contribution is -0.147. The van der Waals surface area contributed by atoms with Gasteiger partial charge in [-0.3, -0.25) is 9.59 Å². The standard InChI is InChI=1S/C18H15Cl2N3O4/c1-10-11(19)8-12(20)18(21-10)23-15(24)9-26-17(25)7-6-16-22-13-4-2-3-5-14(13)27-16/h2-5,8H,6-7,9H2,1H3,(H,21,23,24). The number of para-hydroxylation sites is 2. The lowest BCUT2D eigenvalue weighted by atomic mass is 10.3. The average molecular weight is 408 g/mol. The molecule has 0 fully saturated rings. The lowest BCUT2D eigenvalue weighted by Crippen LogP contribution is -2.22. The summed E-state index contributed by atoms with van der Waals surface area (Å²) in [5, 5.41) is 3.06. The molecule has 3 rings (SSSR count). The molecule has 0 radical (unpaired) electrons. The molecule has 0 bridgehead atoms. The fraction of sp³-hybridized carbons (Fsp3) is 0.222. The number of halogens is 2. The van der Waals surface area contributed by atoms with Crippen LogP contribution in [-0.2, 0) is 20.7 Å². The monoisotopic (exact) mass is 407 g/mol. The number of aryl methyl sites for hydroxylation is 2. The molecular formula is C18H15Cl2N3O4. The molecule has 0 saturated heterocycles. The van der Waals surface area contributed by atoms with E-state index in [1.165, 1.54) is 6.07 Å². The molecule has 1 N–H and O–H groups in total. The molecule has 0 aliphatic heterocycles. The highest BCUT2D eigenvalue weighted by Gasteiger charge is 2.13. The van der Waals surface area contributed by atoms with Crippen molar-refractivity contribution in [1.29, 1.82) is 0 Å². The number of oxazole rings is 1. The van der Waals surface area contributed by atoms with Crippen LogP contribution in [0.2, 0.25) is 10.0 Å². The number of aromatic nitrogens is 2. The molecule has 3 aromatic rings. The Kier molecular flexibility index (Phi) is 5.93. The zero-order valence-corrected chi connectivity index (χ0v) is 15.8. The van der Waals surface area contributed by atoms with Gasteiger partial charge < -0.3 is 14.5 Å². The van der Waals surface area contributed by atoms with Crippen molar-refractivity contribution in [3.63, 3.8) is 0 Å². The van der Waals surface area contributed by atoms with Gasteiger partial charge in [-0.2, -0.15) is 0 Å². The number of ether oxygens (including phenoxy) is 1. The Bertz CT molecular complexity index is 970. The van der Waals surface area contributed by atoms with Crippen LogP contribution in [0.4, 0.5) is 5.82 Å². The number of nitrogens with zero attached hydrogens (tertiary/aromatic N) is 2. The summed E-state index contributed by atoms with van der Waals surface area (Å²) in [6.45, 7) is 1.23. The molecule has 0 aliphatic carbocycles. The highest BCUT2D eigenvalue weighted by atomic mass is 35.5. The van der Waals surface area contributed by atoms with E-state index in [1.54, 1.807) is 13.0 Å². The van der Waals surface area contributed by atoms with Crippen molar-refractivity contribution in [2.75, 3.05) is 11.9 Å². The van der Waals surface area contributed by atoms with Crippen LogP contribution in [0.1, 0.15) is 18.0 Å². The van der Waals surface area contributed by atoms with Crippen LogP contribution in [0.25, 0.3) is 11.1 Å². The Hall–Kier alpha value is -2.64. The number of hydrogen-bond acceptors (Lipinski definition) is 6. The van der Waals surface area contributed by atoms with Gasteiger partial charge >= 0.3 is 5.97 Å². The van der Waals surface area contributed by atoms with E-state index in [0.29, 0.717) is 22.2 Å². The third-order valence-corrected chi connectivity index (χ3v) is 4.28. The van der Waals surface area contributed by atoms with Crippen molar-refractivity contribution < 1.29 is 18.7 Å². The van der Waals surface area contributed by atoms with E-state index in [1.807, 2.05) is 18.2 Å². The van der Waals surface area contributed by atoms with Gasteiger partial charge in [-0.1, -0.05) is 35.3 Å². The van der Waals surface area contributed by atoms with Crippen LogP contribution >= 0.6 is 23.2 Å². The van der Waals surface area contributed by atoms with Crippen LogP contribution in [0, 0.1) is 6.92 Å². The summed E-state index contributed by atoms with van der Waals surface area (Å²) in [5.41, 5.74) is 1.90. The van der Waals surface area contributed by atoms with Crippen LogP contribution < -0.4 is 5.32 Å². The summed E-state index contributed by atoms with van der Waals surface area (Å²) in [6.07, 6.45) is 0.318. The zero-order valence-electron chi connectivity index (χ0n) is 14.3. The minimum Gasteiger partial charge on any atom is -0.456 e. The highest BCUT2D eigenvalue weighted by Crippen LogP contribution is 2.25. The normalized spacial score (nSPS) is 10.8. The number of benzene rings is 1. The summed E-state index contributed by atoms with van der Waals surface area (Å²) in [4.78, 5) is 32.1. The molecule has 0 saturated carbocycles. The molecule has 0 spiro atoms. The quantitative estimate of drug-likeness (QED) is 0.621. The number of fused-ring (bicyclic) bond motifs is 1. The Labute approximate surface area is 164 Å². The number of rotatable bonds is 6. The third kappa shape index (κ3) is 4.96. The van der Waals surface area contributed by atoms with Crippen LogP contribution in [-0.4, -0.2) is 28.5 Å². The minimum absolute atomic E-state index is 0.0408. The number of anilines is 1. The molecule has 1 amide bonds. The molecule has 0 aliphatic rings. The van der Waals surface area contributed by atoms with Gasteiger partial charge in [0.25, 0.3) is 5.91 Å². The fourth-order valence-electron chi connectivity index (χ4n) is 2.27. The first kappa shape index (κ1) is 19.1. The fourth-order valence-corrected chi connectivity index (χ4v) is 2.67. The van der Waals surface area contributed by atoms with E-state index in [0.717, 1.165) is 5.52 Å². The molecular weight excluding hydrogens is 393 g/mol. The number of pyridine rings is 1. The molecule has 7 nitrogen and oxygen atoms in total. The highest BCUT2D eigenvalue weighted by molar-refractivity contribution is 6.36. The third-order valence-electron chi connectivity index (χ3n) is 3.61. The molecule has 2 aromatic heterocycles. The summed E-state index contributed by atoms with van der Waals surface area (Å²) >= 11 is 11.9. The van der Waals surface area contributed by atoms with Crippen molar-refractivity contribution in [3.05, 3.63) is 52.0 Å². The first-order valence-electron chi connectivity index (χ1n) is 8.05. The average Bonchev–Trinajstić information content (AvgIpc) is 3.05. The summed E-state index contributed by atoms with van der Waals surface area (Å²) in [7, 11) is 0. The number of nitrogens with one attached hydrogen (secondary N) is 1. The molecule has 140 valence electrons. The Morgan fingerprint density at radius 1 is 1.19 bits per heavy atom. The van der Waals surface area contributed by atoms with Gasteiger partial charge in [0.2, 0.25) is 0 Å². The van der Waals surface area contributed by atoms with Crippen molar-refractivity contribution in [2.45, 2.75) is 19.8 Å².